The smallest absolute Gasteiger partial charge is 0.338 e. The molecule has 2 aromatic heterocycles. The number of carbonyl (C=O) groups excluding carboxylic acids is 1. The number of rotatable bonds is 4. The Labute approximate surface area is 144 Å². The standard InChI is InChI=1S/C14H11BrN6O3/c1-23-13(22)11-6-8(15)2-4-10(11)12-5-3-9(24-12)7-17-21-14(16)18-19-20-21/h2-7H,1H3,(H2,16,18,20). The fraction of sp³-hybridized carbons (Fsp3) is 0.0714. The van der Waals surface area contributed by atoms with Gasteiger partial charge in [0.15, 0.2) is 0 Å². The van der Waals surface area contributed by atoms with Crippen LogP contribution in [0, 0.1) is 0 Å². The number of aromatic nitrogens is 4. The Bertz CT molecular complexity index is 917. The van der Waals surface area contributed by atoms with Crippen molar-refractivity contribution in [2.75, 3.05) is 12.8 Å². The average molecular weight is 391 g/mol. The summed E-state index contributed by atoms with van der Waals surface area (Å²) in [7, 11) is 1.32. The summed E-state index contributed by atoms with van der Waals surface area (Å²) in [5.74, 6) is 0.533. The zero-order chi connectivity index (χ0) is 17.1. The van der Waals surface area contributed by atoms with Crippen LogP contribution in [0.2, 0.25) is 0 Å². The number of hydrogen-bond acceptors (Lipinski definition) is 8. The predicted molar refractivity (Wildman–Crippen MR) is 88.4 cm³/mol. The van der Waals surface area contributed by atoms with Crippen molar-refractivity contribution in [1.82, 2.24) is 20.3 Å². The zero-order valence-electron chi connectivity index (χ0n) is 12.4. The third-order valence-corrected chi connectivity index (χ3v) is 3.54. The number of nitrogen functional groups attached to an aromatic ring is 1. The van der Waals surface area contributed by atoms with Gasteiger partial charge in [-0.15, -0.1) is 0 Å². The molecule has 2 heterocycles. The van der Waals surface area contributed by atoms with Crippen LogP contribution in [0.1, 0.15) is 16.1 Å². The van der Waals surface area contributed by atoms with E-state index in [4.69, 9.17) is 14.9 Å². The van der Waals surface area contributed by atoms with Gasteiger partial charge in [-0.25, -0.2) is 4.79 Å². The van der Waals surface area contributed by atoms with E-state index >= 15 is 0 Å². The normalized spacial score (nSPS) is 11.1. The van der Waals surface area contributed by atoms with Crippen LogP contribution in [0.15, 0.2) is 44.3 Å². The van der Waals surface area contributed by atoms with E-state index in [2.05, 4.69) is 36.6 Å². The minimum atomic E-state index is -0.459. The van der Waals surface area contributed by atoms with E-state index in [0.717, 1.165) is 9.26 Å². The molecule has 0 saturated carbocycles. The number of tetrazole rings is 1. The number of nitrogens with zero attached hydrogens (tertiary/aromatic N) is 5. The minimum Gasteiger partial charge on any atom is -0.465 e. The number of halogens is 1. The average Bonchev–Trinajstić information content (AvgIpc) is 3.21. The summed E-state index contributed by atoms with van der Waals surface area (Å²) in [4.78, 5) is 13.0. The van der Waals surface area contributed by atoms with Crippen LogP contribution < -0.4 is 5.73 Å². The number of carbonyl (C=O) groups is 1. The summed E-state index contributed by atoms with van der Waals surface area (Å²) in [6, 6.07) is 8.65. The third kappa shape index (κ3) is 3.18. The second-order valence-corrected chi connectivity index (χ2v) is 5.47. The molecule has 0 bridgehead atoms. The Morgan fingerprint density at radius 1 is 1.42 bits per heavy atom. The molecule has 0 amide bonds. The number of ether oxygens (including phenoxy) is 1. The summed E-state index contributed by atoms with van der Waals surface area (Å²) in [6.45, 7) is 0. The van der Waals surface area contributed by atoms with E-state index in [1.54, 1.807) is 30.3 Å². The highest BCUT2D eigenvalue weighted by Crippen LogP contribution is 2.28. The molecule has 0 saturated heterocycles. The first-order valence-electron chi connectivity index (χ1n) is 6.65. The lowest BCUT2D eigenvalue weighted by atomic mass is 10.1. The van der Waals surface area contributed by atoms with Crippen molar-refractivity contribution in [1.29, 1.82) is 0 Å². The van der Waals surface area contributed by atoms with Crippen LogP contribution in [0.5, 0.6) is 0 Å². The molecular weight excluding hydrogens is 380 g/mol. The van der Waals surface area contributed by atoms with Crippen molar-refractivity contribution in [3.63, 3.8) is 0 Å². The molecule has 0 spiro atoms. The fourth-order valence-corrected chi connectivity index (χ4v) is 2.32. The van der Waals surface area contributed by atoms with Gasteiger partial charge in [0, 0.05) is 10.0 Å². The molecule has 3 rings (SSSR count). The molecule has 2 N–H and O–H groups in total. The van der Waals surface area contributed by atoms with Gasteiger partial charge in [0.25, 0.3) is 5.95 Å². The number of benzene rings is 1. The van der Waals surface area contributed by atoms with E-state index in [9.17, 15) is 4.79 Å². The summed E-state index contributed by atoms with van der Waals surface area (Å²) >= 11 is 3.33. The minimum absolute atomic E-state index is 0.0546. The van der Waals surface area contributed by atoms with E-state index < -0.39 is 5.97 Å². The maximum Gasteiger partial charge on any atom is 0.338 e. The molecule has 122 valence electrons. The molecule has 1 aromatic carbocycles. The van der Waals surface area contributed by atoms with Crippen molar-refractivity contribution in [2.24, 2.45) is 5.10 Å². The van der Waals surface area contributed by atoms with Crippen LogP contribution in [-0.2, 0) is 4.74 Å². The lowest BCUT2D eigenvalue weighted by Gasteiger charge is -2.06. The van der Waals surface area contributed by atoms with Gasteiger partial charge in [0.05, 0.1) is 18.9 Å². The number of hydrogen-bond donors (Lipinski definition) is 1. The highest BCUT2D eigenvalue weighted by molar-refractivity contribution is 9.10. The zero-order valence-corrected chi connectivity index (χ0v) is 14.0. The van der Waals surface area contributed by atoms with Crippen LogP contribution in [0.25, 0.3) is 11.3 Å². The Hall–Kier alpha value is -3.01. The second kappa shape index (κ2) is 6.62. The first kappa shape index (κ1) is 15.9. The molecule has 3 aromatic rings. The van der Waals surface area contributed by atoms with Crippen LogP contribution in [0.4, 0.5) is 5.95 Å². The molecule has 0 aliphatic heterocycles. The van der Waals surface area contributed by atoms with Crippen molar-refractivity contribution in [3.05, 3.63) is 46.1 Å². The molecule has 0 atom stereocenters. The largest absolute Gasteiger partial charge is 0.465 e. The predicted octanol–water partition coefficient (Wildman–Crippen LogP) is 1.95. The van der Waals surface area contributed by atoms with Crippen LogP contribution in [-0.4, -0.2) is 39.6 Å². The van der Waals surface area contributed by atoms with Crippen molar-refractivity contribution < 1.29 is 13.9 Å². The highest BCUT2D eigenvalue weighted by atomic mass is 79.9. The topological polar surface area (TPSA) is 121 Å². The Morgan fingerprint density at radius 2 is 2.25 bits per heavy atom. The highest BCUT2D eigenvalue weighted by Gasteiger charge is 2.16. The summed E-state index contributed by atoms with van der Waals surface area (Å²) < 4.78 is 11.2. The Morgan fingerprint density at radius 3 is 2.96 bits per heavy atom. The molecule has 0 fully saturated rings. The van der Waals surface area contributed by atoms with Gasteiger partial charge >= 0.3 is 5.97 Å². The number of nitrogens with two attached hydrogens (primary N) is 1. The van der Waals surface area contributed by atoms with E-state index in [-0.39, 0.29) is 5.95 Å². The first-order valence-corrected chi connectivity index (χ1v) is 7.44. The molecule has 0 aliphatic carbocycles. The maximum atomic E-state index is 11.9. The van der Waals surface area contributed by atoms with Gasteiger partial charge in [0.2, 0.25) is 0 Å². The van der Waals surface area contributed by atoms with E-state index in [0.29, 0.717) is 22.6 Å². The molecule has 0 unspecified atom stereocenters. The summed E-state index contributed by atoms with van der Waals surface area (Å²) in [6.07, 6.45) is 1.41. The van der Waals surface area contributed by atoms with E-state index in [1.807, 2.05) is 0 Å². The second-order valence-electron chi connectivity index (χ2n) is 4.55. The number of esters is 1. The van der Waals surface area contributed by atoms with Gasteiger partial charge in [-0.1, -0.05) is 25.8 Å². The van der Waals surface area contributed by atoms with Crippen molar-refractivity contribution in [3.8, 4) is 11.3 Å². The van der Waals surface area contributed by atoms with Crippen LogP contribution >= 0.6 is 15.9 Å². The number of furan rings is 1. The third-order valence-electron chi connectivity index (χ3n) is 3.05. The number of anilines is 1. The quantitative estimate of drug-likeness (QED) is 0.533. The lowest BCUT2D eigenvalue weighted by molar-refractivity contribution is 0.0601. The molecule has 0 aliphatic rings. The maximum absolute atomic E-state index is 11.9. The van der Waals surface area contributed by atoms with Crippen molar-refractivity contribution >= 4 is 34.1 Å². The molecule has 10 heteroatoms. The summed E-state index contributed by atoms with van der Waals surface area (Å²) in [5, 5.41) is 14.4. The van der Waals surface area contributed by atoms with Gasteiger partial charge in [0.1, 0.15) is 11.5 Å². The number of methoxy groups -OCH3 is 1. The lowest BCUT2D eigenvalue weighted by Crippen LogP contribution is -2.03. The van der Waals surface area contributed by atoms with Gasteiger partial charge in [-0.05, 0) is 40.8 Å². The molecule has 0 radical (unpaired) electrons. The Balaban J connectivity index is 1.92. The van der Waals surface area contributed by atoms with Gasteiger partial charge in [-0.3, -0.25) is 0 Å². The Kier molecular flexibility index (Phi) is 4.38. The van der Waals surface area contributed by atoms with Crippen LogP contribution in [0.3, 0.4) is 0 Å². The van der Waals surface area contributed by atoms with E-state index in [1.165, 1.54) is 13.3 Å². The fourth-order valence-electron chi connectivity index (χ4n) is 1.96. The van der Waals surface area contributed by atoms with Gasteiger partial charge in [-0.2, -0.15) is 5.10 Å². The molecule has 9 nitrogen and oxygen atoms in total. The first-order chi connectivity index (χ1) is 11.6. The van der Waals surface area contributed by atoms with Gasteiger partial charge < -0.3 is 14.9 Å². The van der Waals surface area contributed by atoms with Crippen molar-refractivity contribution in [2.45, 2.75) is 0 Å². The summed E-state index contributed by atoms with van der Waals surface area (Å²) in [5.41, 5.74) is 6.50. The monoisotopic (exact) mass is 390 g/mol. The molecular formula is C14H11BrN6O3. The molecule has 24 heavy (non-hydrogen) atoms. The SMILES string of the molecule is COC(=O)c1cc(Br)ccc1-c1ccc(C=Nn2nnnc2N)o1.